The van der Waals surface area contributed by atoms with Crippen molar-refractivity contribution in [1.29, 1.82) is 0 Å². The van der Waals surface area contributed by atoms with E-state index in [-0.39, 0.29) is 11.8 Å². The average Bonchev–Trinajstić information content (AvgIpc) is 3.11. The van der Waals surface area contributed by atoms with Crippen LogP contribution in [0.5, 0.6) is 0 Å². The van der Waals surface area contributed by atoms with Crippen molar-refractivity contribution < 1.29 is 14.3 Å². The number of hydrogen-bond donors (Lipinski definition) is 1. The number of anilines is 1. The fourth-order valence-electron chi connectivity index (χ4n) is 2.71. The first-order chi connectivity index (χ1) is 9.81. The Morgan fingerprint density at radius 2 is 2.10 bits per heavy atom. The fraction of sp³-hybridized carbons (Fsp3) is 0.714. The van der Waals surface area contributed by atoms with E-state index < -0.39 is 0 Å². The predicted octanol–water partition coefficient (Wildman–Crippen LogP) is 1.28. The van der Waals surface area contributed by atoms with E-state index in [1.54, 1.807) is 6.20 Å². The molecular formula is C14H21N3O3. The van der Waals surface area contributed by atoms with Gasteiger partial charge < -0.3 is 14.8 Å². The van der Waals surface area contributed by atoms with Gasteiger partial charge in [0.25, 0.3) is 0 Å². The van der Waals surface area contributed by atoms with E-state index in [1.165, 1.54) is 0 Å². The van der Waals surface area contributed by atoms with Crippen LogP contribution >= 0.6 is 0 Å². The van der Waals surface area contributed by atoms with Gasteiger partial charge in [-0.2, -0.15) is 5.10 Å². The Hall–Kier alpha value is -1.40. The molecule has 110 valence electrons. The van der Waals surface area contributed by atoms with E-state index >= 15 is 0 Å². The molecule has 3 rings (SSSR count). The van der Waals surface area contributed by atoms with Crippen LogP contribution in [0.4, 0.5) is 5.69 Å². The molecule has 1 aromatic heterocycles. The lowest BCUT2D eigenvalue weighted by molar-refractivity contribution is -0.119. The van der Waals surface area contributed by atoms with E-state index in [0.29, 0.717) is 19.1 Å². The van der Waals surface area contributed by atoms with E-state index in [1.807, 2.05) is 10.9 Å². The van der Waals surface area contributed by atoms with Crippen molar-refractivity contribution in [3.8, 4) is 0 Å². The van der Waals surface area contributed by atoms with E-state index in [4.69, 9.17) is 9.47 Å². The second-order valence-electron chi connectivity index (χ2n) is 5.56. The summed E-state index contributed by atoms with van der Waals surface area (Å²) in [6, 6.07) is 0. The molecule has 20 heavy (non-hydrogen) atoms. The highest BCUT2D eigenvalue weighted by Crippen LogP contribution is 2.18. The Kier molecular flexibility index (Phi) is 4.32. The zero-order chi connectivity index (χ0) is 13.8. The van der Waals surface area contributed by atoms with Crippen molar-refractivity contribution >= 4 is 11.6 Å². The molecule has 0 radical (unpaired) electrons. The maximum Gasteiger partial charge on any atom is 0.229 e. The van der Waals surface area contributed by atoms with Crippen molar-refractivity contribution in [2.75, 3.05) is 31.7 Å². The maximum absolute atomic E-state index is 12.0. The van der Waals surface area contributed by atoms with Gasteiger partial charge in [0.1, 0.15) is 0 Å². The number of amides is 1. The molecule has 2 aliphatic rings. The summed E-state index contributed by atoms with van der Waals surface area (Å²) in [5.74, 6) is 0.636. The Morgan fingerprint density at radius 1 is 1.30 bits per heavy atom. The summed E-state index contributed by atoms with van der Waals surface area (Å²) in [6.45, 7) is 3.79. The van der Waals surface area contributed by atoms with Crippen molar-refractivity contribution in [2.24, 2.45) is 11.8 Å². The molecule has 0 spiro atoms. The van der Waals surface area contributed by atoms with Gasteiger partial charge in [0.2, 0.25) is 5.91 Å². The fourth-order valence-corrected chi connectivity index (χ4v) is 2.71. The van der Waals surface area contributed by atoms with E-state index in [9.17, 15) is 4.79 Å². The van der Waals surface area contributed by atoms with E-state index in [2.05, 4.69) is 10.4 Å². The molecule has 1 aromatic rings. The highest BCUT2D eigenvalue weighted by Gasteiger charge is 2.23. The molecule has 2 saturated heterocycles. The highest BCUT2D eigenvalue weighted by molar-refractivity contribution is 5.92. The molecule has 0 aliphatic carbocycles. The lowest BCUT2D eigenvalue weighted by atomic mass is 10.0. The number of nitrogens with one attached hydrogen (secondary N) is 1. The Bertz CT molecular complexity index is 448. The van der Waals surface area contributed by atoms with Crippen LogP contribution < -0.4 is 5.32 Å². The lowest BCUT2D eigenvalue weighted by Crippen LogP contribution is -2.22. The normalized spacial score (nSPS) is 23.9. The smallest absolute Gasteiger partial charge is 0.229 e. The minimum Gasteiger partial charge on any atom is -0.381 e. The molecule has 1 N–H and O–H groups in total. The van der Waals surface area contributed by atoms with Crippen LogP contribution in [0.15, 0.2) is 12.4 Å². The molecule has 1 atom stereocenters. The molecule has 0 unspecified atom stereocenters. The molecule has 0 saturated carbocycles. The van der Waals surface area contributed by atoms with Crippen molar-refractivity contribution in [1.82, 2.24) is 9.78 Å². The number of aromatic nitrogens is 2. The number of hydrogen-bond acceptors (Lipinski definition) is 4. The average molecular weight is 279 g/mol. The first kappa shape index (κ1) is 13.6. The first-order valence-corrected chi connectivity index (χ1v) is 7.30. The predicted molar refractivity (Wildman–Crippen MR) is 73.3 cm³/mol. The summed E-state index contributed by atoms with van der Waals surface area (Å²) in [5, 5.41) is 7.23. The van der Waals surface area contributed by atoms with Gasteiger partial charge in [0.15, 0.2) is 0 Å². The first-order valence-electron chi connectivity index (χ1n) is 7.30. The van der Waals surface area contributed by atoms with Gasteiger partial charge in [0.05, 0.1) is 24.4 Å². The van der Waals surface area contributed by atoms with Gasteiger partial charge in [-0.15, -0.1) is 0 Å². The largest absolute Gasteiger partial charge is 0.381 e. The molecular weight excluding hydrogens is 258 g/mol. The quantitative estimate of drug-likeness (QED) is 0.902. The monoisotopic (exact) mass is 279 g/mol. The third kappa shape index (κ3) is 3.37. The molecule has 0 aromatic carbocycles. The second-order valence-corrected chi connectivity index (χ2v) is 5.56. The third-order valence-electron chi connectivity index (χ3n) is 3.99. The zero-order valence-electron chi connectivity index (χ0n) is 11.6. The standard InChI is InChI=1S/C14H21N3O3/c18-14(12-3-6-20-10-12)16-13-7-15-17(9-13)8-11-1-4-19-5-2-11/h7,9,11-12H,1-6,8,10H2,(H,16,18)/t12-/m0/s1. The summed E-state index contributed by atoms with van der Waals surface area (Å²) in [5.41, 5.74) is 0.772. The van der Waals surface area contributed by atoms with Crippen molar-refractivity contribution in [2.45, 2.75) is 25.8 Å². The van der Waals surface area contributed by atoms with Crippen LogP contribution in [0, 0.1) is 11.8 Å². The minimum atomic E-state index is -0.0196. The van der Waals surface area contributed by atoms with Crippen molar-refractivity contribution in [3.63, 3.8) is 0 Å². The third-order valence-corrected chi connectivity index (χ3v) is 3.99. The summed E-state index contributed by atoms with van der Waals surface area (Å²) in [7, 11) is 0. The Labute approximate surface area is 118 Å². The van der Waals surface area contributed by atoms with Crippen LogP contribution in [0.25, 0.3) is 0 Å². The molecule has 6 nitrogen and oxygen atoms in total. The van der Waals surface area contributed by atoms with Gasteiger partial charge in [-0.3, -0.25) is 9.48 Å². The summed E-state index contributed by atoms with van der Waals surface area (Å²) in [6.07, 6.45) is 6.60. The molecule has 2 fully saturated rings. The SMILES string of the molecule is O=C(Nc1cnn(CC2CCOCC2)c1)[C@H]1CCOC1. The van der Waals surface area contributed by atoms with Gasteiger partial charge >= 0.3 is 0 Å². The van der Waals surface area contributed by atoms with Crippen LogP contribution in [0.1, 0.15) is 19.3 Å². The molecule has 0 bridgehead atoms. The molecule has 3 heterocycles. The number of nitrogens with zero attached hydrogens (tertiary/aromatic N) is 2. The Balaban J connectivity index is 1.52. The number of ether oxygens (including phenoxy) is 2. The molecule has 1 amide bonds. The number of carbonyl (C=O) groups is 1. The highest BCUT2D eigenvalue weighted by atomic mass is 16.5. The second kappa shape index (κ2) is 6.37. The summed E-state index contributed by atoms with van der Waals surface area (Å²) >= 11 is 0. The van der Waals surface area contributed by atoms with Gasteiger partial charge in [-0.25, -0.2) is 0 Å². The van der Waals surface area contributed by atoms with Gasteiger partial charge in [0, 0.05) is 32.6 Å². The zero-order valence-corrected chi connectivity index (χ0v) is 11.6. The van der Waals surface area contributed by atoms with Gasteiger partial charge in [-0.1, -0.05) is 0 Å². The number of carbonyl (C=O) groups excluding carboxylic acids is 1. The summed E-state index contributed by atoms with van der Waals surface area (Å²) in [4.78, 5) is 12.0. The Morgan fingerprint density at radius 3 is 2.85 bits per heavy atom. The van der Waals surface area contributed by atoms with Crippen LogP contribution in [-0.4, -0.2) is 42.1 Å². The summed E-state index contributed by atoms with van der Waals surface area (Å²) < 4.78 is 12.5. The van der Waals surface area contributed by atoms with Crippen molar-refractivity contribution in [3.05, 3.63) is 12.4 Å². The van der Waals surface area contributed by atoms with E-state index in [0.717, 1.165) is 44.7 Å². The van der Waals surface area contributed by atoms with Gasteiger partial charge in [-0.05, 0) is 25.2 Å². The lowest BCUT2D eigenvalue weighted by Gasteiger charge is -2.21. The van der Waals surface area contributed by atoms with Crippen LogP contribution in [0.2, 0.25) is 0 Å². The maximum atomic E-state index is 12.0. The van der Waals surface area contributed by atoms with Crippen LogP contribution in [-0.2, 0) is 20.8 Å². The van der Waals surface area contributed by atoms with Crippen LogP contribution in [0.3, 0.4) is 0 Å². The minimum absolute atomic E-state index is 0.0196. The topological polar surface area (TPSA) is 65.4 Å². The molecule has 6 heteroatoms. The molecule has 2 aliphatic heterocycles. The number of rotatable bonds is 4.